The van der Waals surface area contributed by atoms with Gasteiger partial charge in [0.2, 0.25) is 0 Å². The molecular weight excluding hydrogens is 209 g/mol. The van der Waals surface area contributed by atoms with Crippen molar-refractivity contribution >= 4 is 0 Å². The summed E-state index contributed by atoms with van der Waals surface area (Å²) in [5, 5.41) is 0. The monoisotopic (exact) mass is 223 g/mol. The molecule has 1 saturated carbocycles. The van der Waals surface area contributed by atoms with E-state index in [1.165, 1.54) is 0 Å². The molecule has 0 N–H and O–H groups in total. The number of allylic oxidation sites excluding steroid dienone is 2. The number of fused-ring (bicyclic) bond motifs is 2. The summed E-state index contributed by atoms with van der Waals surface area (Å²) in [6.45, 7) is 4.26. The summed E-state index contributed by atoms with van der Waals surface area (Å²) in [6, 6.07) is 0.320. The quantitative estimate of drug-likeness (QED) is 0.625. The molecule has 3 nitrogen and oxygen atoms in total. The number of hydrogen-bond donors (Lipinski definition) is 0. The third-order valence-electron chi connectivity index (χ3n) is 4.00. The lowest BCUT2D eigenvalue weighted by Crippen LogP contribution is -2.46. The van der Waals surface area contributed by atoms with Crippen LogP contribution < -0.4 is 0 Å². The molecule has 0 aromatic rings. The van der Waals surface area contributed by atoms with E-state index in [1.54, 1.807) is 0 Å². The van der Waals surface area contributed by atoms with Crippen LogP contribution in [0.2, 0.25) is 0 Å². The second kappa shape index (κ2) is 2.73. The van der Waals surface area contributed by atoms with E-state index in [1.807, 2.05) is 0 Å². The first-order chi connectivity index (χ1) is 7.77. The Hall–Kier alpha value is -1.19. The lowest BCUT2D eigenvalue weighted by molar-refractivity contribution is 0.0202. The van der Waals surface area contributed by atoms with Crippen molar-refractivity contribution in [3.05, 3.63) is 23.0 Å². The van der Waals surface area contributed by atoms with Gasteiger partial charge >= 0.3 is 0 Å². The van der Waals surface area contributed by atoms with E-state index in [9.17, 15) is 4.39 Å². The number of rotatable bonds is 0. The largest absolute Gasteiger partial charge is 0.493 e. The fourth-order valence-corrected chi connectivity index (χ4v) is 3.02. The molecule has 2 aliphatic carbocycles. The lowest BCUT2D eigenvalue weighted by atomic mass is 10.0. The van der Waals surface area contributed by atoms with E-state index >= 15 is 0 Å². The summed E-state index contributed by atoms with van der Waals surface area (Å²) >= 11 is 0. The van der Waals surface area contributed by atoms with Crippen LogP contribution in [0, 0.1) is 11.8 Å². The molecule has 4 rings (SSSR count). The van der Waals surface area contributed by atoms with Crippen molar-refractivity contribution in [2.24, 2.45) is 11.8 Å². The third-order valence-corrected chi connectivity index (χ3v) is 4.00. The topological polar surface area (TPSA) is 21.7 Å². The zero-order valence-electron chi connectivity index (χ0n) is 9.20. The smallest absolute Gasteiger partial charge is 0.177 e. The molecule has 2 aliphatic heterocycles. The van der Waals surface area contributed by atoms with Crippen LogP contribution in [0.15, 0.2) is 23.0 Å². The molecule has 2 fully saturated rings. The van der Waals surface area contributed by atoms with Crippen LogP contribution in [0.25, 0.3) is 0 Å². The van der Waals surface area contributed by atoms with Gasteiger partial charge in [0.05, 0.1) is 12.6 Å². The Labute approximate surface area is 93.5 Å². The molecule has 0 aromatic carbocycles. The molecule has 4 heteroatoms. The van der Waals surface area contributed by atoms with E-state index in [0.29, 0.717) is 18.4 Å². The van der Waals surface area contributed by atoms with Gasteiger partial charge in [-0.05, 0) is 13.3 Å². The Morgan fingerprint density at radius 1 is 1.31 bits per heavy atom. The van der Waals surface area contributed by atoms with Gasteiger partial charge in [-0.15, -0.1) is 0 Å². The predicted octanol–water partition coefficient (Wildman–Crippen LogP) is 1.78. The molecular formula is C12H14FNO2. The number of ether oxygens (including phenoxy) is 2. The van der Waals surface area contributed by atoms with Crippen molar-refractivity contribution in [3.63, 3.8) is 0 Å². The second-order valence-electron chi connectivity index (χ2n) is 5.04. The highest BCUT2D eigenvalue weighted by molar-refractivity contribution is 5.43. The summed E-state index contributed by atoms with van der Waals surface area (Å²) in [4.78, 5) is 2.24. The van der Waals surface area contributed by atoms with Gasteiger partial charge in [-0.3, -0.25) is 0 Å². The Morgan fingerprint density at radius 2 is 2.19 bits per heavy atom. The standard InChI is InChI=1S/C12H14FNO2/c1-6-5-16-11-8-4-7(8)9(13)12-10(11)14(6)2-3-15-12/h6-8H,2-5H2,1H3/t6-,7?,8?/m0/s1. The summed E-state index contributed by atoms with van der Waals surface area (Å²) in [5.41, 5.74) is 0.904. The molecule has 0 bridgehead atoms. The van der Waals surface area contributed by atoms with Gasteiger partial charge in [0.15, 0.2) is 5.76 Å². The Bertz CT molecular complexity index is 429. The molecule has 1 saturated heterocycles. The summed E-state index contributed by atoms with van der Waals surface area (Å²) in [5.74, 6) is 1.73. The minimum atomic E-state index is -0.0499. The minimum Gasteiger partial charge on any atom is -0.493 e. The highest BCUT2D eigenvalue weighted by atomic mass is 19.1. The maximum atomic E-state index is 14.0. The fraction of sp³-hybridized carbons (Fsp3) is 0.667. The van der Waals surface area contributed by atoms with Gasteiger partial charge in [0.25, 0.3) is 0 Å². The zero-order valence-corrected chi connectivity index (χ0v) is 9.20. The number of hydrogen-bond acceptors (Lipinski definition) is 3. The lowest BCUT2D eigenvalue weighted by Gasteiger charge is -2.43. The maximum absolute atomic E-state index is 14.0. The van der Waals surface area contributed by atoms with Crippen LogP contribution in [0.1, 0.15) is 13.3 Å². The first-order valence-corrected chi connectivity index (χ1v) is 5.94. The van der Waals surface area contributed by atoms with Gasteiger partial charge in [0.1, 0.15) is 30.5 Å². The molecule has 4 aliphatic rings. The SMILES string of the molecule is C[C@H]1COC2=C3C(=C(F)C4CC24)OCCN31. The highest BCUT2D eigenvalue weighted by Crippen LogP contribution is 2.57. The van der Waals surface area contributed by atoms with Crippen molar-refractivity contribution < 1.29 is 13.9 Å². The first kappa shape index (κ1) is 8.90. The van der Waals surface area contributed by atoms with E-state index in [2.05, 4.69) is 11.8 Å². The minimum absolute atomic E-state index is 0.0436. The van der Waals surface area contributed by atoms with Gasteiger partial charge < -0.3 is 14.4 Å². The predicted molar refractivity (Wildman–Crippen MR) is 54.8 cm³/mol. The van der Waals surface area contributed by atoms with E-state index < -0.39 is 0 Å². The van der Waals surface area contributed by atoms with Crippen LogP contribution in [0.4, 0.5) is 4.39 Å². The second-order valence-corrected chi connectivity index (χ2v) is 5.04. The van der Waals surface area contributed by atoms with Gasteiger partial charge in [-0.2, -0.15) is 0 Å². The first-order valence-electron chi connectivity index (χ1n) is 5.94. The molecule has 3 atom stereocenters. The average molecular weight is 223 g/mol. The molecule has 0 aromatic heterocycles. The van der Waals surface area contributed by atoms with E-state index in [4.69, 9.17) is 9.47 Å². The Morgan fingerprint density at radius 3 is 3.06 bits per heavy atom. The molecule has 0 radical (unpaired) electrons. The average Bonchev–Trinajstić information content (AvgIpc) is 3.08. The molecule has 0 spiro atoms. The van der Waals surface area contributed by atoms with Crippen molar-refractivity contribution in [3.8, 4) is 0 Å². The van der Waals surface area contributed by atoms with Crippen molar-refractivity contribution in [2.45, 2.75) is 19.4 Å². The molecule has 0 amide bonds. The van der Waals surface area contributed by atoms with E-state index in [0.717, 1.165) is 31.0 Å². The molecule has 2 unspecified atom stereocenters. The molecule has 86 valence electrons. The van der Waals surface area contributed by atoms with Crippen LogP contribution in [0.3, 0.4) is 0 Å². The van der Waals surface area contributed by atoms with Crippen LogP contribution in [-0.4, -0.2) is 30.7 Å². The summed E-state index contributed by atoms with van der Waals surface area (Å²) in [6.07, 6.45) is 0.889. The van der Waals surface area contributed by atoms with Crippen molar-refractivity contribution in [2.75, 3.05) is 19.8 Å². The summed E-state index contributed by atoms with van der Waals surface area (Å²) < 4.78 is 25.3. The van der Waals surface area contributed by atoms with Gasteiger partial charge in [-0.1, -0.05) is 0 Å². The van der Waals surface area contributed by atoms with Gasteiger partial charge in [0, 0.05) is 11.8 Å². The Balaban J connectivity index is 1.89. The van der Waals surface area contributed by atoms with Crippen LogP contribution >= 0.6 is 0 Å². The number of morpholine rings is 1. The van der Waals surface area contributed by atoms with Crippen molar-refractivity contribution in [1.82, 2.24) is 4.90 Å². The van der Waals surface area contributed by atoms with Crippen LogP contribution in [0.5, 0.6) is 0 Å². The van der Waals surface area contributed by atoms with Crippen LogP contribution in [-0.2, 0) is 9.47 Å². The highest BCUT2D eigenvalue weighted by Gasteiger charge is 2.54. The van der Waals surface area contributed by atoms with E-state index in [-0.39, 0.29) is 17.7 Å². The Kier molecular flexibility index (Phi) is 1.52. The number of halogens is 1. The van der Waals surface area contributed by atoms with Gasteiger partial charge in [-0.25, -0.2) is 4.39 Å². The number of nitrogens with zero attached hydrogens (tertiary/aromatic N) is 1. The molecule has 16 heavy (non-hydrogen) atoms. The third kappa shape index (κ3) is 0.931. The summed E-state index contributed by atoms with van der Waals surface area (Å²) in [7, 11) is 0. The zero-order chi connectivity index (χ0) is 10.9. The fourth-order valence-electron chi connectivity index (χ4n) is 3.02. The molecule has 2 heterocycles. The normalized spacial score (nSPS) is 39.9. The maximum Gasteiger partial charge on any atom is 0.177 e. The van der Waals surface area contributed by atoms with Crippen molar-refractivity contribution in [1.29, 1.82) is 0 Å².